The summed E-state index contributed by atoms with van der Waals surface area (Å²) < 4.78 is 0. The lowest BCUT2D eigenvalue weighted by Crippen LogP contribution is -1.81. The third kappa shape index (κ3) is 5.13. The number of allylic oxidation sites excluding steroid dienone is 4. The van der Waals surface area contributed by atoms with E-state index in [0.717, 1.165) is 12.1 Å². The minimum absolute atomic E-state index is 1.09. The van der Waals surface area contributed by atoms with E-state index in [1.54, 1.807) is 0 Å². The maximum atomic E-state index is 4.40. The van der Waals surface area contributed by atoms with Crippen LogP contribution < -0.4 is 0 Å². The Morgan fingerprint density at radius 3 is 2.44 bits per heavy atom. The minimum atomic E-state index is 1.09. The number of unbranched alkanes of at least 4 members (excludes halogenated alkanes) is 1. The van der Waals surface area contributed by atoms with Crippen molar-refractivity contribution in [2.75, 3.05) is 0 Å². The van der Waals surface area contributed by atoms with E-state index in [1.165, 1.54) is 23.1 Å². The van der Waals surface area contributed by atoms with Gasteiger partial charge in [0.1, 0.15) is 0 Å². The number of aliphatic imine (C=N–C) groups is 1. The first-order chi connectivity index (χ1) is 8.63. The molecule has 0 fully saturated rings. The summed E-state index contributed by atoms with van der Waals surface area (Å²) >= 11 is 0. The first kappa shape index (κ1) is 14.4. The van der Waals surface area contributed by atoms with Gasteiger partial charge in [-0.3, -0.25) is 4.99 Å². The second-order valence-electron chi connectivity index (χ2n) is 4.63. The Kier molecular flexibility index (Phi) is 6.13. The van der Waals surface area contributed by atoms with Crippen LogP contribution in [0.15, 0.2) is 47.1 Å². The predicted octanol–water partition coefficient (Wildman–Crippen LogP) is 5.17. The second kappa shape index (κ2) is 7.65. The highest BCUT2D eigenvalue weighted by atomic mass is 14.7. The largest absolute Gasteiger partial charge is 0.262 e. The van der Waals surface area contributed by atoms with Crippen molar-refractivity contribution < 1.29 is 0 Å². The Balaban J connectivity index is 2.67. The highest BCUT2D eigenvalue weighted by Crippen LogP contribution is 2.13. The summed E-state index contributed by atoms with van der Waals surface area (Å²) in [4.78, 5) is 4.40. The van der Waals surface area contributed by atoms with Gasteiger partial charge in [-0.1, -0.05) is 49.2 Å². The molecule has 0 aromatic heterocycles. The normalized spacial score (nSPS) is 13.3. The lowest BCUT2D eigenvalue weighted by molar-refractivity contribution is 0.946. The Morgan fingerprint density at radius 1 is 1.17 bits per heavy atom. The smallest absolute Gasteiger partial charge is 0.0332 e. The molecule has 0 amide bonds. The molecule has 0 radical (unpaired) electrons. The van der Waals surface area contributed by atoms with Crippen LogP contribution in [0.1, 0.15) is 44.7 Å². The molecular weight excluding hydrogens is 218 g/mol. The van der Waals surface area contributed by atoms with Gasteiger partial charge in [0.2, 0.25) is 0 Å². The zero-order chi connectivity index (χ0) is 13.4. The van der Waals surface area contributed by atoms with Crippen molar-refractivity contribution in [2.24, 2.45) is 4.99 Å². The molecule has 1 aromatic carbocycles. The van der Waals surface area contributed by atoms with Crippen LogP contribution in [0.2, 0.25) is 0 Å². The maximum absolute atomic E-state index is 4.40. The third-order valence-corrected chi connectivity index (χ3v) is 2.84. The standard InChI is InChI=1S/C17H23N/c1-5-6-7-16(4)18-13-12-15(3)17-10-8-14(2)9-11-17/h7-13H,5-6H2,1-4H3/b15-12+,16-7+,18-13+. The lowest BCUT2D eigenvalue weighted by atomic mass is 10.1. The molecule has 0 N–H and O–H groups in total. The van der Waals surface area contributed by atoms with Gasteiger partial charge in [-0.15, -0.1) is 0 Å². The van der Waals surface area contributed by atoms with E-state index < -0.39 is 0 Å². The van der Waals surface area contributed by atoms with Crippen LogP contribution in [-0.4, -0.2) is 6.21 Å². The van der Waals surface area contributed by atoms with Crippen molar-refractivity contribution >= 4 is 11.8 Å². The molecule has 0 unspecified atom stereocenters. The zero-order valence-corrected chi connectivity index (χ0v) is 11.9. The lowest BCUT2D eigenvalue weighted by Gasteiger charge is -2.00. The van der Waals surface area contributed by atoms with Gasteiger partial charge in [-0.05, 0) is 44.4 Å². The van der Waals surface area contributed by atoms with Crippen molar-refractivity contribution in [3.63, 3.8) is 0 Å². The van der Waals surface area contributed by atoms with Crippen LogP contribution in [0.3, 0.4) is 0 Å². The van der Waals surface area contributed by atoms with Crippen LogP contribution in [0.4, 0.5) is 0 Å². The summed E-state index contributed by atoms with van der Waals surface area (Å²) in [5, 5.41) is 0. The van der Waals surface area contributed by atoms with Gasteiger partial charge in [0.25, 0.3) is 0 Å². The molecule has 1 nitrogen and oxygen atoms in total. The molecule has 96 valence electrons. The molecule has 0 spiro atoms. The predicted molar refractivity (Wildman–Crippen MR) is 82.0 cm³/mol. The van der Waals surface area contributed by atoms with Crippen molar-refractivity contribution in [3.05, 3.63) is 53.2 Å². The van der Waals surface area contributed by atoms with Crippen LogP contribution in [-0.2, 0) is 0 Å². The summed E-state index contributed by atoms with van der Waals surface area (Å²) in [6.45, 7) is 8.43. The molecule has 0 heterocycles. The molecular formula is C17H23N. The number of hydrogen-bond acceptors (Lipinski definition) is 1. The molecule has 0 saturated carbocycles. The van der Waals surface area contributed by atoms with E-state index >= 15 is 0 Å². The molecule has 1 heteroatoms. The SMILES string of the molecule is CCC/C=C(C)/N=C/C=C(\C)c1ccc(C)cc1. The Morgan fingerprint density at radius 2 is 1.83 bits per heavy atom. The summed E-state index contributed by atoms with van der Waals surface area (Å²) in [5.74, 6) is 0. The summed E-state index contributed by atoms with van der Waals surface area (Å²) in [5.41, 5.74) is 4.87. The van der Waals surface area contributed by atoms with Crippen LogP contribution in [0, 0.1) is 6.92 Å². The average Bonchev–Trinajstić information content (AvgIpc) is 2.37. The maximum Gasteiger partial charge on any atom is 0.0332 e. The van der Waals surface area contributed by atoms with E-state index in [2.05, 4.69) is 62.2 Å². The molecule has 0 aliphatic rings. The first-order valence-corrected chi connectivity index (χ1v) is 6.58. The summed E-state index contributed by atoms with van der Waals surface area (Å²) in [7, 11) is 0. The zero-order valence-electron chi connectivity index (χ0n) is 11.9. The second-order valence-corrected chi connectivity index (χ2v) is 4.63. The van der Waals surface area contributed by atoms with Crippen molar-refractivity contribution in [2.45, 2.75) is 40.5 Å². The fourth-order valence-electron chi connectivity index (χ4n) is 1.59. The number of aryl methyl sites for hydroxylation is 1. The molecule has 0 saturated heterocycles. The van der Waals surface area contributed by atoms with E-state index in [0.29, 0.717) is 0 Å². The van der Waals surface area contributed by atoms with Gasteiger partial charge >= 0.3 is 0 Å². The molecule has 0 atom stereocenters. The highest BCUT2D eigenvalue weighted by molar-refractivity contribution is 5.84. The molecule has 1 aromatic rings. The van der Waals surface area contributed by atoms with Crippen LogP contribution in [0.5, 0.6) is 0 Å². The third-order valence-electron chi connectivity index (χ3n) is 2.84. The molecule has 18 heavy (non-hydrogen) atoms. The highest BCUT2D eigenvalue weighted by Gasteiger charge is 1.93. The van der Waals surface area contributed by atoms with E-state index in [9.17, 15) is 0 Å². The molecule has 0 aliphatic carbocycles. The average molecular weight is 241 g/mol. The topological polar surface area (TPSA) is 12.4 Å². The van der Waals surface area contributed by atoms with Crippen LogP contribution >= 0.6 is 0 Å². The van der Waals surface area contributed by atoms with Gasteiger partial charge in [0, 0.05) is 11.9 Å². The molecule has 0 aliphatic heterocycles. The Bertz CT molecular complexity index is 447. The fourth-order valence-corrected chi connectivity index (χ4v) is 1.59. The van der Waals surface area contributed by atoms with Gasteiger partial charge < -0.3 is 0 Å². The quantitative estimate of drug-likeness (QED) is 0.630. The number of hydrogen-bond donors (Lipinski definition) is 0. The number of rotatable bonds is 5. The van der Waals surface area contributed by atoms with Crippen molar-refractivity contribution in [3.8, 4) is 0 Å². The Hall–Kier alpha value is -1.63. The van der Waals surface area contributed by atoms with E-state index in [1.807, 2.05) is 13.1 Å². The van der Waals surface area contributed by atoms with E-state index in [4.69, 9.17) is 0 Å². The van der Waals surface area contributed by atoms with Crippen molar-refractivity contribution in [1.29, 1.82) is 0 Å². The van der Waals surface area contributed by atoms with Crippen molar-refractivity contribution in [1.82, 2.24) is 0 Å². The van der Waals surface area contributed by atoms with Gasteiger partial charge in [-0.2, -0.15) is 0 Å². The van der Waals surface area contributed by atoms with Gasteiger partial charge in [0.05, 0.1) is 0 Å². The van der Waals surface area contributed by atoms with Gasteiger partial charge in [-0.25, -0.2) is 0 Å². The summed E-state index contributed by atoms with van der Waals surface area (Å²) in [6, 6.07) is 8.57. The van der Waals surface area contributed by atoms with Gasteiger partial charge in [0.15, 0.2) is 0 Å². The van der Waals surface area contributed by atoms with E-state index in [-0.39, 0.29) is 0 Å². The first-order valence-electron chi connectivity index (χ1n) is 6.58. The Labute approximate surface area is 111 Å². The number of nitrogens with zero attached hydrogens (tertiary/aromatic N) is 1. The molecule has 0 bridgehead atoms. The fraction of sp³-hybridized carbons (Fsp3) is 0.353. The minimum Gasteiger partial charge on any atom is -0.262 e. The summed E-state index contributed by atoms with van der Waals surface area (Å²) in [6.07, 6.45) is 8.39. The number of benzene rings is 1. The monoisotopic (exact) mass is 241 g/mol. The molecule has 1 rings (SSSR count). The van der Waals surface area contributed by atoms with Crippen LogP contribution in [0.25, 0.3) is 5.57 Å².